The Morgan fingerprint density at radius 1 is 0.857 bits per heavy atom. The molecule has 2 saturated heterocycles. The lowest BCUT2D eigenvalue weighted by Crippen LogP contribution is -2.59. The van der Waals surface area contributed by atoms with Crippen LogP contribution in [0.25, 0.3) is 0 Å². The fourth-order valence-electron chi connectivity index (χ4n) is 8.60. The van der Waals surface area contributed by atoms with Crippen LogP contribution in [0.1, 0.15) is 89.0 Å². The molecule has 0 atom stereocenters. The first-order chi connectivity index (χ1) is 17.1. The van der Waals surface area contributed by atoms with Gasteiger partial charge in [0.2, 0.25) is 11.6 Å². The van der Waals surface area contributed by atoms with Crippen molar-refractivity contribution in [3.8, 4) is 5.75 Å². The Hall–Kier alpha value is -1.14. The first-order valence-electron chi connectivity index (χ1n) is 14.6. The Labute approximate surface area is 210 Å². The number of likely N-dealkylation sites (tertiary alicyclic amines) is 1. The minimum Gasteiger partial charge on any atom is -0.492 e. The Kier molecular flexibility index (Phi) is 5.92. The number of hydrogen-bond donors (Lipinski definition) is 0. The van der Waals surface area contributed by atoms with Gasteiger partial charge in [0.15, 0.2) is 0 Å². The molecule has 8 rings (SSSR count). The molecule has 35 heavy (non-hydrogen) atoms. The monoisotopic (exact) mass is 481 g/mol. The topological polar surface area (TPSA) is 40.2 Å². The molecular weight excluding hydrogens is 438 g/mol. The summed E-state index contributed by atoms with van der Waals surface area (Å²) >= 11 is 0. The summed E-state index contributed by atoms with van der Waals surface area (Å²) in [5, 5.41) is 0. The predicted octanol–water partition coefficient (Wildman–Crippen LogP) is 6.28. The largest absolute Gasteiger partial charge is 0.492 e. The maximum Gasteiger partial charge on any atom is 0.210 e. The fraction of sp³-hybridized carbons (Fsp3) is 0.800. The predicted molar refractivity (Wildman–Crippen MR) is 134 cm³/mol. The lowest BCUT2D eigenvalue weighted by Gasteiger charge is -2.57. The van der Waals surface area contributed by atoms with E-state index in [2.05, 4.69) is 36.1 Å². The number of piperidine rings is 1. The summed E-state index contributed by atoms with van der Waals surface area (Å²) in [6, 6.07) is 8.86. The molecule has 5 nitrogen and oxygen atoms in total. The van der Waals surface area contributed by atoms with E-state index in [0.29, 0.717) is 17.8 Å². The van der Waals surface area contributed by atoms with Crippen molar-refractivity contribution in [2.75, 3.05) is 26.2 Å². The van der Waals surface area contributed by atoms with Crippen LogP contribution in [0.15, 0.2) is 24.3 Å². The quantitative estimate of drug-likeness (QED) is 0.463. The van der Waals surface area contributed by atoms with Crippen LogP contribution in [0.5, 0.6) is 5.75 Å². The number of hydrogen-bond acceptors (Lipinski definition) is 5. The zero-order chi connectivity index (χ0) is 23.5. The highest BCUT2D eigenvalue weighted by Gasteiger charge is 2.66. The van der Waals surface area contributed by atoms with Gasteiger partial charge in [-0.2, -0.15) is 9.78 Å². The van der Waals surface area contributed by atoms with E-state index in [1.54, 1.807) is 0 Å². The highest BCUT2D eigenvalue weighted by Crippen LogP contribution is 2.64. The summed E-state index contributed by atoms with van der Waals surface area (Å²) in [5.74, 6) is 4.38. The van der Waals surface area contributed by atoms with Gasteiger partial charge >= 0.3 is 0 Å². The van der Waals surface area contributed by atoms with E-state index in [-0.39, 0.29) is 0 Å². The van der Waals surface area contributed by atoms with Crippen LogP contribution in [0, 0.1) is 29.6 Å². The number of benzene rings is 1. The molecule has 192 valence electrons. The van der Waals surface area contributed by atoms with Gasteiger partial charge < -0.3 is 9.47 Å². The summed E-state index contributed by atoms with van der Waals surface area (Å²) < 4.78 is 13.0. The molecule has 0 aromatic heterocycles. The first kappa shape index (κ1) is 23.0. The number of nitrogens with zero attached hydrogens (tertiary/aromatic N) is 1. The van der Waals surface area contributed by atoms with Crippen molar-refractivity contribution < 1.29 is 19.2 Å². The zero-order valence-electron chi connectivity index (χ0n) is 21.5. The molecule has 2 heterocycles. The molecule has 0 N–H and O–H groups in total. The standard InChI is InChI=1S/C30H43NO4/c1-21-8-12-31(13-9-21)14-15-32-28-4-2-24(3-5-28)25-6-10-29(11-7-25)33-30(35-34-29)26-17-22-16-23(19-26)20-27(30)18-22/h2-5,21-23,25-27H,6-20H2,1H3/t22?,23?,25-,26?,27?,29+,30-. The highest BCUT2D eigenvalue weighted by molar-refractivity contribution is 5.30. The molecule has 0 unspecified atom stereocenters. The maximum atomic E-state index is 6.89. The molecule has 0 amide bonds. The summed E-state index contributed by atoms with van der Waals surface area (Å²) in [5.41, 5.74) is 1.42. The molecule has 2 aliphatic heterocycles. The van der Waals surface area contributed by atoms with Crippen molar-refractivity contribution in [1.29, 1.82) is 0 Å². The Morgan fingerprint density at radius 2 is 1.51 bits per heavy atom. The van der Waals surface area contributed by atoms with Crippen LogP contribution in [0.3, 0.4) is 0 Å². The van der Waals surface area contributed by atoms with Crippen molar-refractivity contribution in [3.05, 3.63) is 29.8 Å². The van der Waals surface area contributed by atoms with Gasteiger partial charge in [0, 0.05) is 31.2 Å². The van der Waals surface area contributed by atoms with Crippen molar-refractivity contribution >= 4 is 0 Å². The summed E-state index contributed by atoms with van der Waals surface area (Å²) in [6.45, 7) is 6.61. The first-order valence-corrected chi connectivity index (χ1v) is 14.6. The minimum absolute atomic E-state index is 0.439. The molecule has 4 bridgehead atoms. The van der Waals surface area contributed by atoms with E-state index in [9.17, 15) is 0 Å². The van der Waals surface area contributed by atoms with E-state index in [1.807, 2.05) is 0 Å². The summed E-state index contributed by atoms with van der Waals surface area (Å²) in [6.07, 6.45) is 13.2. The fourth-order valence-corrected chi connectivity index (χ4v) is 8.60. The maximum absolute atomic E-state index is 6.89. The van der Waals surface area contributed by atoms with Crippen LogP contribution in [-0.4, -0.2) is 42.7 Å². The third-order valence-corrected chi connectivity index (χ3v) is 10.6. The highest BCUT2D eigenvalue weighted by atomic mass is 17.3. The molecule has 7 fully saturated rings. The number of ether oxygens (including phenoxy) is 2. The molecular formula is C30H43NO4. The molecule has 0 radical (unpaired) electrons. The van der Waals surface area contributed by atoms with E-state index in [0.717, 1.165) is 62.3 Å². The third-order valence-electron chi connectivity index (χ3n) is 10.6. The third kappa shape index (κ3) is 4.24. The second-order valence-corrected chi connectivity index (χ2v) is 12.9. The van der Waals surface area contributed by atoms with Crippen molar-refractivity contribution in [3.63, 3.8) is 0 Å². The Morgan fingerprint density at radius 3 is 2.17 bits per heavy atom. The van der Waals surface area contributed by atoms with E-state index in [1.165, 1.54) is 63.6 Å². The molecule has 5 aliphatic carbocycles. The van der Waals surface area contributed by atoms with Crippen LogP contribution in [0.2, 0.25) is 0 Å². The molecule has 2 spiro atoms. The van der Waals surface area contributed by atoms with Gasteiger partial charge in [-0.25, -0.2) is 0 Å². The average Bonchev–Trinajstić information content (AvgIpc) is 3.24. The Balaban J connectivity index is 0.913. The molecule has 1 aromatic rings. The number of rotatable bonds is 5. The van der Waals surface area contributed by atoms with Crippen LogP contribution < -0.4 is 4.74 Å². The minimum atomic E-state index is -0.513. The van der Waals surface area contributed by atoms with Gasteiger partial charge in [-0.3, -0.25) is 4.90 Å². The molecule has 1 aromatic carbocycles. The van der Waals surface area contributed by atoms with Crippen molar-refractivity contribution in [2.45, 2.75) is 95.0 Å². The van der Waals surface area contributed by atoms with Gasteiger partial charge in [0.25, 0.3) is 0 Å². The van der Waals surface area contributed by atoms with E-state index in [4.69, 9.17) is 19.2 Å². The second kappa shape index (κ2) is 9.01. The zero-order valence-corrected chi connectivity index (χ0v) is 21.5. The molecule has 7 aliphatic rings. The Bertz CT molecular complexity index is 856. The van der Waals surface area contributed by atoms with Crippen molar-refractivity contribution in [2.24, 2.45) is 29.6 Å². The van der Waals surface area contributed by atoms with Gasteiger partial charge in [-0.1, -0.05) is 19.1 Å². The lowest BCUT2D eigenvalue weighted by atomic mass is 9.53. The van der Waals surface area contributed by atoms with Gasteiger partial charge in [0.1, 0.15) is 12.4 Å². The summed E-state index contributed by atoms with van der Waals surface area (Å²) in [4.78, 5) is 14.9. The van der Waals surface area contributed by atoms with E-state index < -0.39 is 11.6 Å². The lowest BCUT2D eigenvalue weighted by molar-refractivity contribution is -0.390. The van der Waals surface area contributed by atoms with Crippen LogP contribution >= 0.6 is 0 Å². The van der Waals surface area contributed by atoms with Gasteiger partial charge in [0.05, 0.1) is 0 Å². The molecule has 5 saturated carbocycles. The van der Waals surface area contributed by atoms with Crippen molar-refractivity contribution in [1.82, 2.24) is 4.90 Å². The van der Waals surface area contributed by atoms with Gasteiger partial charge in [-0.05, 0) is 112 Å². The second-order valence-electron chi connectivity index (χ2n) is 12.9. The SMILES string of the molecule is CC1CCN(CCOc2ccc([C@H]3CC[C@]4(CC3)OO[C@]3(O4)C4CC5CC(C4)CC3C5)cc2)CC1. The van der Waals surface area contributed by atoms with E-state index >= 15 is 0 Å². The summed E-state index contributed by atoms with van der Waals surface area (Å²) in [7, 11) is 0. The normalized spacial score (nSPS) is 43.4. The molecule has 5 heteroatoms. The average molecular weight is 482 g/mol. The van der Waals surface area contributed by atoms with Crippen LogP contribution in [0.4, 0.5) is 0 Å². The smallest absolute Gasteiger partial charge is 0.210 e. The van der Waals surface area contributed by atoms with Crippen LogP contribution in [-0.2, 0) is 14.5 Å². The van der Waals surface area contributed by atoms with Gasteiger partial charge in [-0.15, -0.1) is 0 Å².